The zero-order valence-corrected chi connectivity index (χ0v) is 38.7. The van der Waals surface area contributed by atoms with Gasteiger partial charge in [-0.25, -0.2) is 0 Å². The smallest absolute Gasteiger partial charge is 0.354 e. The molecule has 2 heterocycles. The molecule has 2 saturated heterocycles. The number of amides is 7. The number of hydrogen-bond donors (Lipinski definition) is 4. The number of nitrogens with one attached hydrogen (secondary N) is 4. The molecular weight excluding hydrogens is 866 g/mol. The summed E-state index contributed by atoms with van der Waals surface area (Å²) < 4.78 is 42.9. The molecular formula is C44H64Cl2F3N7O7. The summed E-state index contributed by atoms with van der Waals surface area (Å²) in [5, 5.41) is 11.3. The normalized spacial score (nSPS) is 23.9. The SMILES string of the molecule is CC[C@H](NC(=O)C1(C(F)(F)F)CCCCC1)C(=O)N[C@@H](C)C(=O)N(CC)[C@H]1CCCCNC(=O)[C@H]2CCCN2C(=O)[C@H](Cc2cc(Cl)ccc2Cl)N(C)C(=O)[C@H](CC(C)C)NC1=O. The molecule has 6 atom stereocenters. The minimum atomic E-state index is -4.82. The molecule has 1 saturated carbocycles. The molecule has 2 aliphatic heterocycles. The quantitative estimate of drug-likeness (QED) is 0.220. The third-order valence-electron chi connectivity index (χ3n) is 12.6. The van der Waals surface area contributed by atoms with Crippen LogP contribution in [0.1, 0.15) is 117 Å². The van der Waals surface area contributed by atoms with Crippen LogP contribution in [-0.2, 0) is 40.0 Å². The first-order valence-electron chi connectivity index (χ1n) is 22.2. The molecule has 352 valence electrons. The van der Waals surface area contributed by atoms with Crippen LogP contribution in [0.3, 0.4) is 0 Å². The number of likely N-dealkylation sites (N-methyl/N-ethyl adjacent to an activating group) is 2. The van der Waals surface area contributed by atoms with E-state index in [1.165, 1.54) is 35.6 Å². The van der Waals surface area contributed by atoms with Crippen molar-refractivity contribution in [2.24, 2.45) is 11.3 Å². The fraction of sp³-hybridized carbons (Fsp3) is 0.705. The Morgan fingerprint density at radius 2 is 1.60 bits per heavy atom. The first-order valence-corrected chi connectivity index (χ1v) is 23.0. The van der Waals surface area contributed by atoms with Crippen molar-refractivity contribution in [3.8, 4) is 0 Å². The second-order valence-electron chi connectivity index (χ2n) is 17.5. The lowest BCUT2D eigenvalue weighted by Gasteiger charge is -2.38. The summed E-state index contributed by atoms with van der Waals surface area (Å²) in [4.78, 5) is 102. The average molecular weight is 931 g/mol. The van der Waals surface area contributed by atoms with Crippen molar-refractivity contribution in [2.75, 3.05) is 26.7 Å². The molecule has 1 aliphatic carbocycles. The monoisotopic (exact) mass is 929 g/mol. The van der Waals surface area contributed by atoms with Crippen molar-refractivity contribution in [1.82, 2.24) is 36.0 Å². The zero-order valence-electron chi connectivity index (χ0n) is 37.2. The third kappa shape index (κ3) is 12.6. The minimum absolute atomic E-state index is 0.00685. The van der Waals surface area contributed by atoms with Gasteiger partial charge < -0.3 is 36.0 Å². The maximum Gasteiger partial charge on any atom is 0.403 e. The standard InChI is InChI=1S/C44H64Cl2F3N7O7/c1-7-31(53-42(63)43(44(47,48)49)19-11-9-12-20-43)36(57)51-27(5)39(60)55(8-2)34-15-10-13-21-50-37(58)33-16-14-22-56(33)41(62)35(25-28-24-29(45)17-18-30(28)46)54(6)40(61)32(23-26(3)4)52-38(34)59/h17-18,24,26-27,31-35H,7-16,19-23,25H2,1-6H3,(H,50,58)(H,51,57)(H,52,59)(H,53,63)/t27-,31-,32-,33+,34-,35-/m0/s1. The fourth-order valence-electron chi connectivity index (χ4n) is 8.97. The predicted molar refractivity (Wildman–Crippen MR) is 232 cm³/mol. The lowest BCUT2D eigenvalue weighted by atomic mass is 9.72. The molecule has 0 aromatic heterocycles. The first kappa shape index (κ1) is 51.5. The van der Waals surface area contributed by atoms with Gasteiger partial charge in [-0.2, -0.15) is 13.2 Å². The first-order chi connectivity index (χ1) is 29.7. The lowest BCUT2D eigenvalue weighted by Crippen LogP contribution is -2.61. The summed E-state index contributed by atoms with van der Waals surface area (Å²) in [6.07, 6.45) is -2.63. The zero-order chi connectivity index (χ0) is 46.8. The molecule has 14 nitrogen and oxygen atoms in total. The summed E-state index contributed by atoms with van der Waals surface area (Å²) in [6, 6.07) is -2.07. The Morgan fingerprint density at radius 1 is 0.921 bits per heavy atom. The van der Waals surface area contributed by atoms with E-state index in [1.807, 2.05) is 13.8 Å². The number of benzene rings is 1. The number of fused-ring (bicyclic) bond motifs is 1. The topological polar surface area (TPSA) is 177 Å². The van der Waals surface area contributed by atoms with Gasteiger partial charge in [-0.05, 0) is 101 Å². The van der Waals surface area contributed by atoms with Crippen LogP contribution in [0.15, 0.2) is 18.2 Å². The van der Waals surface area contributed by atoms with Crippen LogP contribution in [0.4, 0.5) is 13.2 Å². The van der Waals surface area contributed by atoms with Gasteiger partial charge in [-0.15, -0.1) is 0 Å². The number of carbonyl (C=O) groups is 7. The molecule has 4 N–H and O–H groups in total. The van der Waals surface area contributed by atoms with Gasteiger partial charge in [0.25, 0.3) is 0 Å². The third-order valence-corrected chi connectivity index (χ3v) is 13.2. The minimum Gasteiger partial charge on any atom is -0.354 e. The fourth-order valence-corrected chi connectivity index (χ4v) is 9.36. The molecule has 1 aromatic rings. The van der Waals surface area contributed by atoms with E-state index in [2.05, 4.69) is 21.3 Å². The Labute approximate surface area is 378 Å². The number of hydrogen-bond acceptors (Lipinski definition) is 7. The van der Waals surface area contributed by atoms with Gasteiger partial charge in [-0.3, -0.25) is 33.6 Å². The predicted octanol–water partition coefficient (Wildman–Crippen LogP) is 5.31. The van der Waals surface area contributed by atoms with Gasteiger partial charge in [0.1, 0.15) is 41.7 Å². The molecule has 7 amide bonds. The molecule has 4 rings (SSSR count). The van der Waals surface area contributed by atoms with E-state index in [9.17, 15) is 46.7 Å². The largest absolute Gasteiger partial charge is 0.403 e. The Balaban J connectivity index is 1.62. The van der Waals surface area contributed by atoms with E-state index >= 15 is 0 Å². The van der Waals surface area contributed by atoms with Crippen molar-refractivity contribution in [2.45, 2.75) is 161 Å². The van der Waals surface area contributed by atoms with Gasteiger partial charge >= 0.3 is 6.18 Å². The number of halogens is 5. The molecule has 0 radical (unpaired) electrons. The highest BCUT2D eigenvalue weighted by molar-refractivity contribution is 6.33. The van der Waals surface area contributed by atoms with Gasteiger partial charge in [0.05, 0.1) is 0 Å². The van der Waals surface area contributed by atoms with Crippen LogP contribution in [0.5, 0.6) is 0 Å². The molecule has 0 bridgehead atoms. The highest BCUT2D eigenvalue weighted by Gasteiger charge is 2.60. The summed E-state index contributed by atoms with van der Waals surface area (Å²) in [5.74, 6) is -4.97. The van der Waals surface area contributed by atoms with Crippen molar-refractivity contribution < 1.29 is 46.7 Å². The lowest BCUT2D eigenvalue weighted by molar-refractivity contribution is -0.230. The average Bonchev–Trinajstić information content (AvgIpc) is 3.74. The van der Waals surface area contributed by atoms with Crippen molar-refractivity contribution in [3.05, 3.63) is 33.8 Å². The van der Waals surface area contributed by atoms with E-state index in [-0.39, 0.29) is 76.3 Å². The van der Waals surface area contributed by atoms with Crippen LogP contribution in [0.25, 0.3) is 0 Å². The molecule has 3 aliphatic rings. The molecule has 63 heavy (non-hydrogen) atoms. The number of rotatable bonds is 12. The van der Waals surface area contributed by atoms with Crippen molar-refractivity contribution in [3.63, 3.8) is 0 Å². The van der Waals surface area contributed by atoms with E-state index in [4.69, 9.17) is 23.2 Å². The summed E-state index contributed by atoms with van der Waals surface area (Å²) in [6.45, 7) is 8.81. The van der Waals surface area contributed by atoms with Crippen LogP contribution < -0.4 is 21.3 Å². The van der Waals surface area contributed by atoms with Crippen LogP contribution in [0.2, 0.25) is 10.0 Å². The van der Waals surface area contributed by atoms with E-state index in [0.717, 1.165) is 0 Å². The maximum atomic E-state index is 14.6. The second kappa shape index (κ2) is 22.7. The Hall–Kier alpha value is -4.12. The van der Waals surface area contributed by atoms with Gasteiger partial charge in [0.2, 0.25) is 41.4 Å². The summed E-state index contributed by atoms with van der Waals surface area (Å²) >= 11 is 12.9. The maximum absolute atomic E-state index is 14.6. The Morgan fingerprint density at radius 3 is 2.22 bits per heavy atom. The van der Waals surface area contributed by atoms with Gasteiger partial charge in [0.15, 0.2) is 0 Å². The second-order valence-corrected chi connectivity index (χ2v) is 18.4. The summed E-state index contributed by atoms with van der Waals surface area (Å²) in [5.41, 5.74) is -2.11. The summed E-state index contributed by atoms with van der Waals surface area (Å²) in [7, 11) is 1.46. The highest BCUT2D eigenvalue weighted by atomic mass is 35.5. The molecule has 0 spiro atoms. The van der Waals surface area contributed by atoms with Crippen molar-refractivity contribution >= 4 is 64.6 Å². The number of carbonyl (C=O) groups excluding carboxylic acids is 7. The molecule has 3 fully saturated rings. The van der Waals surface area contributed by atoms with Crippen LogP contribution in [-0.4, -0.2) is 125 Å². The number of alkyl halides is 3. The molecule has 0 unspecified atom stereocenters. The van der Waals surface area contributed by atoms with E-state index in [0.29, 0.717) is 54.3 Å². The van der Waals surface area contributed by atoms with Crippen LogP contribution in [0, 0.1) is 11.3 Å². The van der Waals surface area contributed by atoms with Gasteiger partial charge in [0, 0.05) is 43.1 Å². The Kier molecular flexibility index (Phi) is 18.5. The molecule has 1 aromatic carbocycles. The van der Waals surface area contributed by atoms with E-state index in [1.54, 1.807) is 25.1 Å². The Bertz CT molecular complexity index is 1830. The molecule has 19 heteroatoms. The van der Waals surface area contributed by atoms with Crippen molar-refractivity contribution in [1.29, 1.82) is 0 Å². The van der Waals surface area contributed by atoms with Gasteiger partial charge in [-0.1, -0.05) is 63.2 Å². The van der Waals surface area contributed by atoms with Crippen LogP contribution >= 0.6 is 23.2 Å². The number of nitrogens with zero attached hydrogens (tertiary/aromatic N) is 3. The highest BCUT2D eigenvalue weighted by Crippen LogP contribution is 2.49. The van der Waals surface area contributed by atoms with E-state index < -0.39 is 83.3 Å².